The molecule has 2 rings (SSSR count). The molecule has 1 aromatic heterocycles. The highest BCUT2D eigenvalue weighted by molar-refractivity contribution is 5.85. The molecule has 0 saturated heterocycles. The van der Waals surface area contributed by atoms with Crippen LogP contribution in [0.1, 0.15) is 18.2 Å². The summed E-state index contributed by atoms with van der Waals surface area (Å²) in [5.41, 5.74) is 4.06. The van der Waals surface area contributed by atoms with Crippen molar-refractivity contribution in [3.8, 4) is 0 Å². The van der Waals surface area contributed by atoms with Crippen LogP contribution in [-0.2, 0) is 19.9 Å². The second kappa shape index (κ2) is 5.19. The zero-order valence-electron chi connectivity index (χ0n) is 10.5. The maximum Gasteiger partial charge on any atom is 0.0612 e. The van der Waals surface area contributed by atoms with Gasteiger partial charge in [0.05, 0.1) is 6.61 Å². The first-order valence-corrected chi connectivity index (χ1v) is 6.10. The van der Waals surface area contributed by atoms with Crippen LogP contribution in [0.15, 0.2) is 36.4 Å². The maximum atomic E-state index is 8.80. The molecular weight excluding hydrogens is 210 g/mol. The molecule has 0 atom stereocenters. The molecule has 0 saturated carbocycles. The van der Waals surface area contributed by atoms with Crippen molar-refractivity contribution < 1.29 is 5.11 Å². The molecule has 0 unspecified atom stereocenters. The number of nitrogens with zero attached hydrogens (tertiary/aromatic N) is 1. The van der Waals surface area contributed by atoms with E-state index < -0.39 is 0 Å². The topological polar surface area (TPSA) is 25.2 Å². The van der Waals surface area contributed by atoms with Crippen molar-refractivity contribution in [1.29, 1.82) is 0 Å². The van der Waals surface area contributed by atoms with Crippen molar-refractivity contribution in [3.63, 3.8) is 0 Å². The summed E-state index contributed by atoms with van der Waals surface area (Å²) in [7, 11) is 2.13. The smallest absolute Gasteiger partial charge is 0.0612 e. The summed E-state index contributed by atoms with van der Waals surface area (Å²) in [6, 6.07) is 8.50. The van der Waals surface area contributed by atoms with E-state index in [0.717, 1.165) is 12.8 Å². The molecule has 0 bridgehead atoms. The second-order valence-electron chi connectivity index (χ2n) is 4.21. The van der Waals surface area contributed by atoms with Crippen molar-refractivity contribution in [2.24, 2.45) is 7.05 Å². The Morgan fingerprint density at radius 3 is 2.71 bits per heavy atom. The molecule has 0 amide bonds. The van der Waals surface area contributed by atoms with E-state index in [1.807, 2.05) is 6.08 Å². The van der Waals surface area contributed by atoms with Crippen LogP contribution in [0, 0.1) is 0 Å². The first-order valence-electron chi connectivity index (χ1n) is 6.10. The van der Waals surface area contributed by atoms with Gasteiger partial charge in [-0.1, -0.05) is 37.3 Å². The number of aryl methyl sites for hydroxylation is 1. The Hall–Kier alpha value is -1.54. The van der Waals surface area contributed by atoms with Crippen LogP contribution in [-0.4, -0.2) is 16.3 Å². The van der Waals surface area contributed by atoms with Gasteiger partial charge in [0.25, 0.3) is 0 Å². The summed E-state index contributed by atoms with van der Waals surface area (Å²) in [6.45, 7) is 2.31. The van der Waals surface area contributed by atoms with E-state index in [4.69, 9.17) is 5.11 Å². The number of allylic oxidation sites excluding steroid dienone is 1. The Kier molecular flexibility index (Phi) is 3.64. The lowest BCUT2D eigenvalue weighted by atomic mass is 10.1. The molecule has 17 heavy (non-hydrogen) atoms. The van der Waals surface area contributed by atoms with Gasteiger partial charge < -0.3 is 9.67 Å². The molecule has 2 nitrogen and oxygen atoms in total. The first kappa shape index (κ1) is 11.9. The Labute approximate surface area is 102 Å². The molecule has 90 valence electrons. The molecular formula is C15H19NO. The van der Waals surface area contributed by atoms with E-state index in [1.165, 1.54) is 22.2 Å². The predicted octanol–water partition coefficient (Wildman–Crippen LogP) is 2.83. The second-order valence-corrected chi connectivity index (χ2v) is 4.21. The van der Waals surface area contributed by atoms with Gasteiger partial charge >= 0.3 is 0 Å². The fraction of sp³-hybridized carbons (Fsp3) is 0.333. The molecule has 1 N–H and O–H groups in total. The molecule has 0 radical (unpaired) electrons. The predicted molar refractivity (Wildman–Crippen MR) is 72.2 cm³/mol. The lowest BCUT2D eigenvalue weighted by Gasteiger charge is -2.03. The third-order valence-corrected chi connectivity index (χ3v) is 3.27. The number of aromatic nitrogens is 1. The minimum absolute atomic E-state index is 0.117. The number of fused-ring (bicyclic) bond motifs is 1. The SMILES string of the molecule is CCc1c(C/C=C/CO)c2ccccc2n1C. The molecule has 0 aliphatic carbocycles. The zero-order valence-corrected chi connectivity index (χ0v) is 10.5. The Bertz CT molecular complexity index is 537. The molecule has 1 aromatic carbocycles. The van der Waals surface area contributed by atoms with Crippen molar-refractivity contribution >= 4 is 10.9 Å². The van der Waals surface area contributed by atoms with Gasteiger partial charge in [-0.15, -0.1) is 0 Å². The molecule has 2 aromatic rings. The number of aliphatic hydroxyl groups is 1. The molecule has 0 fully saturated rings. The number of aliphatic hydroxyl groups excluding tert-OH is 1. The summed E-state index contributed by atoms with van der Waals surface area (Å²) in [6.07, 6.45) is 5.78. The van der Waals surface area contributed by atoms with Gasteiger partial charge in [0.15, 0.2) is 0 Å². The normalized spacial score (nSPS) is 11.7. The summed E-state index contributed by atoms with van der Waals surface area (Å²) < 4.78 is 2.28. The maximum absolute atomic E-state index is 8.80. The lowest BCUT2D eigenvalue weighted by Crippen LogP contribution is -1.96. The van der Waals surface area contributed by atoms with Crippen LogP contribution in [0.25, 0.3) is 10.9 Å². The van der Waals surface area contributed by atoms with Gasteiger partial charge in [-0.3, -0.25) is 0 Å². The number of benzene rings is 1. The average Bonchev–Trinajstić information content (AvgIpc) is 2.63. The molecule has 0 aliphatic heterocycles. The first-order chi connectivity index (χ1) is 8.29. The standard InChI is InChI=1S/C15H19NO/c1-3-14-12(9-6-7-11-17)13-8-4-5-10-15(13)16(14)2/h4-8,10,17H,3,9,11H2,1-2H3/b7-6+. The third kappa shape index (κ3) is 2.13. The van der Waals surface area contributed by atoms with Gasteiger partial charge in [0.2, 0.25) is 0 Å². The highest BCUT2D eigenvalue weighted by Crippen LogP contribution is 2.26. The lowest BCUT2D eigenvalue weighted by molar-refractivity contribution is 0.342. The minimum atomic E-state index is 0.117. The molecule has 1 heterocycles. The number of hydrogen-bond donors (Lipinski definition) is 1. The van der Waals surface area contributed by atoms with Crippen LogP contribution >= 0.6 is 0 Å². The van der Waals surface area contributed by atoms with Gasteiger partial charge in [0, 0.05) is 23.6 Å². The van der Waals surface area contributed by atoms with Crippen molar-refractivity contribution in [2.75, 3.05) is 6.61 Å². The fourth-order valence-electron chi connectivity index (χ4n) is 2.48. The number of rotatable bonds is 4. The Balaban J connectivity index is 2.54. The highest BCUT2D eigenvalue weighted by Gasteiger charge is 2.11. The minimum Gasteiger partial charge on any atom is -0.392 e. The van der Waals surface area contributed by atoms with E-state index in [0.29, 0.717) is 0 Å². The van der Waals surface area contributed by atoms with E-state index >= 15 is 0 Å². The van der Waals surface area contributed by atoms with Crippen LogP contribution in [0.5, 0.6) is 0 Å². The monoisotopic (exact) mass is 229 g/mol. The van der Waals surface area contributed by atoms with E-state index in [-0.39, 0.29) is 6.61 Å². The fourth-order valence-corrected chi connectivity index (χ4v) is 2.48. The van der Waals surface area contributed by atoms with Crippen molar-refractivity contribution in [1.82, 2.24) is 4.57 Å². The average molecular weight is 229 g/mol. The van der Waals surface area contributed by atoms with Gasteiger partial charge in [-0.2, -0.15) is 0 Å². The van der Waals surface area contributed by atoms with Gasteiger partial charge in [0.1, 0.15) is 0 Å². The van der Waals surface area contributed by atoms with Crippen LogP contribution in [0.2, 0.25) is 0 Å². The van der Waals surface area contributed by atoms with Crippen LogP contribution in [0.3, 0.4) is 0 Å². The van der Waals surface area contributed by atoms with Gasteiger partial charge in [-0.25, -0.2) is 0 Å². The largest absolute Gasteiger partial charge is 0.392 e. The van der Waals surface area contributed by atoms with E-state index in [2.05, 4.69) is 42.8 Å². The summed E-state index contributed by atoms with van der Waals surface area (Å²) >= 11 is 0. The third-order valence-electron chi connectivity index (χ3n) is 3.27. The van der Waals surface area contributed by atoms with E-state index in [9.17, 15) is 0 Å². The molecule has 0 spiro atoms. The van der Waals surface area contributed by atoms with E-state index in [1.54, 1.807) is 6.08 Å². The van der Waals surface area contributed by atoms with Crippen LogP contribution in [0.4, 0.5) is 0 Å². The van der Waals surface area contributed by atoms with Crippen molar-refractivity contribution in [3.05, 3.63) is 47.7 Å². The molecule has 0 aliphatic rings. The summed E-state index contributed by atoms with van der Waals surface area (Å²) in [4.78, 5) is 0. The highest BCUT2D eigenvalue weighted by atomic mass is 16.2. The van der Waals surface area contributed by atoms with Crippen LogP contribution < -0.4 is 0 Å². The Morgan fingerprint density at radius 2 is 2.00 bits per heavy atom. The summed E-state index contributed by atoms with van der Waals surface area (Å²) in [5.74, 6) is 0. The number of hydrogen-bond acceptors (Lipinski definition) is 1. The molecule has 2 heteroatoms. The quantitative estimate of drug-likeness (QED) is 0.801. The van der Waals surface area contributed by atoms with Crippen molar-refractivity contribution in [2.45, 2.75) is 19.8 Å². The Morgan fingerprint density at radius 1 is 1.24 bits per heavy atom. The van der Waals surface area contributed by atoms with Gasteiger partial charge in [-0.05, 0) is 24.5 Å². The number of para-hydroxylation sites is 1. The summed E-state index contributed by atoms with van der Waals surface area (Å²) in [5, 5.41) is 10.1. The zero-order chi connectivity index (χ0) is 12.3.